The number of nitrogens with two attached hydrogens (primary N) is 1. The first-order valence-electron chi connectivity index (χ1n) is 5.19. The Morgan fingerprint density at radius 2 is 1.60 bits per heavy atom. The van der Waals surface area contributed by atoms with E-state index in [0.717, 1.165) is 0 Å². The van der Waals surface area contributed by atoms with Gasteiger partial charge >= 0.3 is 12.4 Å². The van der Waals surface area contributed by atoms with E-state index in [-0.39, 0.29) is 12.4 Å². The highest BCUT2D eigenvalue weighted by molar-refractivity contribution is 5.85. The molecule has 1 nitrogen and oxygen atoms in total. The number of alkyl halides is 6. The van der Waals surface area contributed by atoms with Gasteiger partial charge in [-0.25, -0.2) is 4.39 Å². The van der Waals surface area contributed by atoms with Crippen LogP contribution in [0.1, 0.15) is 30.0 Å². The van der Waals surface area contributed by atoms with Gasteiger partial charge in [0.25, 0.3) is 0 Å². The third kappa shape index (κ3) is 5.54. The zero-order valence-electron chi connectivity index (χ0n) is 9.85. The van der Waals surface area contributed by atoms with Crippen molar-refractivity contribution in [2.75, 3.05) is 0 Å². The van der Waals surface area contributed by atoms with Crippen molar-refractivity contribution < 1.29 is 30.7 Å². The second-order valence-corrected chi connectivity index (χ2v) is 3.99. The Bertz CT molecular complexity index is 441. The summed E-state index contributed by atoms with van der Waals surface area (Å²) in [6.07, 6.45) is -11.2. The van der Waals surface area contributed by atoms with Gasteiger partial charge in [-0.1, -0.05) is 0 Å². The van der Waals surface area contributed by atoms with Crippen molar-refractivity contribution in [2.45, 2.75) is 31.2 Å². The third-order valence-corrected chi connectivity index (χ3v) is 2.46. The van der Waals surface area contributed by atoms with Crippen LogP contribution < -0.4 is 5.73 Å². The van der Waals surface area contributed by atoms with Gasteiger partial charge in [-0.15, -0.1) is 12.4 Å². The van der Waals surface area contributed by atoms with E-state index in [4.69, 9.17) is 5.73 Å². The molecule has 0 radical (unpaired) electrons. The summed E-state index contributed by atoms with van der Waals surface area (Å²) in [6.45, 7) is 0. The van der Waals surface area contributed by atoms with Crippen LogP contribution in [0, 0.1) is 5.82 Å². The summed E-state index contributed by atoms with van der Waals surface area (Å²) in [6, 6.07) is 0.0565. The molecule has 0 unspecified atom stereocenters. The van der Waals surface area contributed by atoms with E-state index in [9.17, 15) is 30.7 Å². The Kier molecular flexibility index (Phi) is 6.28. The molecule has 0 saturated carbocycles. The fraction of sp³-hybridized carbons (Fsp3) is 0.455. The number of benzene rings is 1. The Hall–Kier alpha value is -1.02. The molecule has 116 valence electrons. The molecule has 9 heteroatoms. The molecule has 0 heterocycles. The van der Waals surface area contributed by atoms with Crippen LogP contribution in [0.25, 0.3) is 0 Å². The molecule has 0 aliphatic carbocycles. The fourth-order valence-electron chi connectivity index (χ4n) is 1.48. The summed E-state index contributed by atoms with van der Waals surface area (Å²) < 4.78 is 86.4. The van der Waals surface area contributed by atoms with Gasteiger partial charge in [-0.2, -0.15) is 26.3 Å². The highest BCUT2D eigenvalue weighted by atomic mass is 35.5. The molecule has 0 fully saturated rings. The molecule has 0 aliphatic rings. The zero-order chi connectivity index (χ0) is 14.8. The SMILES string of the molecule is Cl.N[C@H](CCC(F)(F)F)c1cc(C(F)(F)F)ccc1F. The number of rotatable bonds is 3. The maximum Gasteiger partial charge on any atom is 0.416 e. The topological polar surface area (TPSA) is 26.0 Å². The van der Waals surface area contributed by atoms with Gasteiger partial charge in [0.2, 0.25) is 0 Å². The van der Waals surface area contributed by atoms with E-state index in [1.54, 1.807) is 0 Å². The minimum atomic E-state index is -4.70. The first-order chi connectivity index (χ1) is 8.50. The second kappa shape index (κ2) is 6.62. The average Bonchev–Trinajstić information content (AvgIpc) is 2.24. The largest absolute Gasteiger partial charge is 0.416 e. The average molecular weight is 326 g/mol. The smallest absolute Gasteiger partial charge is 0.324 e. The molecule has 2 N–H and O–H groups in total. The first kappa shape index (κ1) is 19.0. The number of hydrogen-bond acceptors (Lipinski definition) is 1. The lowest BCUT2D eigenvalue weighted by molar-refractivity contribution is -0.138. The first-order valence-corrected chi connectivity index (χ1v) is 5.19. The molecule has 0 saturated heterocycles. The van der Waals surface area contributed by atoms with E-state index >= 15 is 0 Å². The molecule has 0 spiro atoms. The molecule has 0 aliphatic heterocycles. The van der Waals surface area contributed by atoms with Crippen molar-refractivity contribution in [1.29, 1.82) is 0 Å². The quantitative estimate of drug-likeness (QED) is 0.807. The lowest BCUT2D eigenvalue weighted by atomic mass is 9.99. The van der Waals surface area contributed by atoms with Gasteiger partial charge in [0.15, 0.2) is 0 Å². The van der Waals surface area contributed by atoms with Gasteiger partial charge in [-0.05, 0) is 24.6 Å². The lowest BCUT2D eigenvalue weighted by Gasteiger charge is -2.16. The Balaban J connectivity index is 0.00000361. The molecule has 0 aromatic heterocycles. The van der Waals surface area contributed by atoms with Crippen LogP contribution in [0.2, 0.25) is 0 Å². The minimum absolute atomic E-state index is 0. The van der Waals surface area contributed by atoms with Crippen LogP contribution in [0.15, 0.2) is 18.2 Å². The Labute approximate surface area is 116 Å². The monoisotopic (exact) mass is 325 g/mol. The zero-order valence-corrected chi connectivity index (χ0v) is 10.7. The van der Waals surface area contributed by atoms with Crippen LogP contribution in [0.3, 0.4) is 0 Å². The van der Waals surface area contributed by atoms with E-state index in [1.807, 2.05) is 0 Å². The molecule has 0 amide bonds. The van der Waals surface area contributed by atoms with Crippen molar-refractivity contribution in [1.82, 2.24) is 0 Å². The van der Waals surface area contributed by atoms with Crippen molar-refractivity contribution >= 4 is 12.4 Å². The Morgan fingerprint density at radius 3 is 2.05 bits per heavy atom. The van der Waals surface area contributed by atoms with Gasteiger partial charge < -0.3 is 5.73 Å². The summed E-state index contributed by atoms with van der Waals surface area (Å²) >= 11 is 0. The van der Waals surface area contributed by atoms with E-state index in [1.165, 1.54) is 0 Å². The number of hydrogen-bond donors (Lipinski definition) is 1. The van der Waals surface area contributed by atoms with Gasteiger partial charge in [0.1, 0.15) is 5.82 Å². The van der Waals surface area contributed by atoms with Gasteiger partial charge in [-0.3, -0.25) is 0 Å². The van der Waals surface area contributed by atoms with Gasteiger partial charge in [0, 0.05) is 18.0 Å². The summed E-state index contributed by atoms with van der Waals surface area (Å²) in [4.78, 5) is 0. The predicted molar refractivity (Wildman–Crippen MR) is 60.9 cm³/mol. The summed E-state index contributed by atoms with van der Waals surface area (Å²) in [5.74, 6) is -1.05. The van der Waals surface area contributed by atoms with Crippen molar-refractivity contribution in [3.8, 4) is 0 Å². The van der Waals surface area contributed by atoms with E-state index in [0.29, 0.717) is 18.2 Å². The van der Waals surface area contributed by atoms with Crippen LogP contribution in [-0.2, 0) is 6.18 Å². The predicted octanol–water partition coefficient (Wildman–Crippen LogP) is 4.61. The minimum Gasteiger partial charge on any atom is -0.324 e. The lowest BCUT2D eigenvalue weighted by Crippen LogP contribution is -2.18. The Morgan fingerprint density at radius 1 is 1.05 bits per heavy atom. The molecule has 1 atom stereocenters. The summed E-state index contributed by atoms with van der Waals surface area (Å²) in [5.41, 5.74) is 3.59. The highest BCUT2D eigenvalue weighted by Crippen LogP contribution is 2.33. The van der Waals surface area contributed by atoms with Gasteiger partial charge in [0.05, 0.1) is 5.56 Å². The maximum atomic E-state index is 13.3. The molecule has 1 aromatic rings. The maximum absolute atomic E-state index is 13.3. The molecule has 1 aromatic carbocycles. The van der Waals surface area contributed by atoms with Crippen LogP contribution in [-0.4, -0.2) is 6.18 Å². The summed E-state index contributed by atoms with van der Waals surface area (Å²) in [5, 5.41) is 0. The molecule has 1 rings (SSSR count). The van der Waals surface area contributed by atoms with Crippen LogP contribution >= 0.6 is 12.4 Å². The fourth-order valence-corrected chi connectivity index (χ4v) is 1.48. The molecule has 20 heavy (non-hydrogen) atoms. The third-order valence-electron chi connectivity index (χ3n) is 2.46. The standard InChI is InChI=1S/C11H10F7N.ClH/c12-8-2-1-6(11(16,17)18)5-7(8)9(19)3-4-10(13,14)15;/h1-2,5,9H,3-4,19H2;1H/t9-;/m1./s1. The van der Waals surface area contributed by atoms with E-state index < -0.39 is 48.2 Å². The summed E-state index contributed by atoms with van der Waals surface area (Å²) in [7, 11) is 0. The van der Waals surface area contributed by atoms with Crippen molar-refractivity contribution in [3.63, 3.8) is 0 Å². The molecular formula is C11H11ClF7N. The van der Waals surface area contributed by atoms with Crippen LogP contribution in [0.5, 0.6) is 0 Å². The normalized spacial score (nSPS) is 13.8. The van der Waals surface area contributed by atoms with Crippen molar-refractivity contribution in [2.24, 2.45) is 5.73 Å². The van der Waals surface area contributed by atoms with E-state index in [2.05, 4.69) is 0 Å². The highest BCUT2D eigenvalue weighted by Gasteiger charge is 2.32. The van der Waals surface area contributed by atoms with Crippen LogP contribution in [0.4, 0.5) is 30.7 Å². The number of halogens is 8. The second-order valence-electron chi connectivity index (χ2n) is 3.99. The molecule has 0 bridgehead atoms. The van der Waals surface area contributed by atoms with Crippen molar-refractivity contribution in [3.05, 3.63) is 35.1 Å². The molecular weight excluding hydrogens is 315 g/mol.